The zero-order chi connectivity index (χ0) is 11.8. The van der Waals surface area contributed by atoms with E-state index < -0.39 is 10.0 Å². The van der Waals surface area contributed by atoms with E-state index in [4.69, 9.17) is 4.74 Å². The van der Waals surface area contributed by atoms with Crippen molar-refractivity contribution in [2.75, 3.05) is 24.2 Å². The third-order valence-corrected chi connectivity index (χ3v) is 4.01. The van der Waals surface area contributed by atoms with Crippen molar-refractivity contribution >= 4 is 15.7 Å². The number of hydrogen-bond donors (Lipinski definition) is 0. The molecule has 1 aliphatic rings. The second-order valence-corrected chi connectivity index (χ2v) is 5.81. The van der Waals surface area contributed by atoms with Gasteiger partial charge in [0.15, 0.2) is 0 Å². The number of anilines is 1. The quantitative estimate of drug-likeness (QED) is 0.789. The van der Waals surface area contributed by atoms with Crippen LogP contribution in [0.5, 0.6) is 0 Å². The summed E-state index contributed by atoms with van der Waals surface area (Å²) in [6.45, 7) is 0.481. The number of nitrogens with zero attached hydrogens (tertiary/aromatic N) is 1. The van der Waals surface area contributed by atoms with Crippen LogP contribution in [0.2, 0.25) is 0 Å². The van der Waals surface area contributed by atoms with Crippen molar-refractivity contribution in [2.45, 2.75) is 12.5 Å². The normalized spacial score (nSPS) is 20.6. The van der Waals surface area contributed by atoms with Gasteiger partial charge in [0, 0.05) is 19.2 Å². The van der Waals surface area contributed by atoms with E-state index in [1.807, 2.05) is 24.3 Å². The number of rotatable bonds is 2. The van der Waals surface area contributed by atoms with Gasteiger partial charge in [-0.25, -0.2) is 8.42 Å². The molecule has 0 spiro atoms. The van der Waals surface area contributed by atoms with Crippen molar-refractivity contribution in [3.8, 4) is 0 Å². The minimum Gasteiger partial charge on any atom is -0.377 e. The van der Waals surface area contributed by atoms with Crippen LogP contribution in [0.4, 0.5) is 5.69 Å². The average Bonchev–Trinajstić information content (AvgIpc) is 2.26. The fourth-order valence-electron chi connectivity index (χ4n) is 2.09. The minimum atomic E-state index is -3.19. The molecule has 0 fully saturated rings. The number of para-hydroxylation sites is 1. The number of benzene rings is 1. The van der Waals surface area contributed by atoms with Crippen molar-refractivity contribution in [3.05, 3.63) is 29.8 Å². The fourth-order valence-corrected chi connectivity index (χ4v) is 3.05. The Labute approximate surface area is 95.9 Å². The minimum absolute atomic E-state index is 0.00537. The first-order valence-electron chi connectivity index (χ1n) is 5.13. The van der Waals surface area contributed by atoms with Gasteiger partial charge in [-0.15, -0.1) is 0 Å². The van der Waals surface area contributed by atoms with Crippen LogP contribution >= 0.6 is 0 Å². The highest BCUT2D eigenvalue weighted by Gasteiger charge is 2.29. The molecule has 88 valence electrons. The lowest BCUT2D eigenvalue weighted by atomic mass is 10.0. The smallest absolute Gasteiger partial charge is 0.232 e. The molecule has 5 heteroatoms. The number of fused-ring (bicyclic) bond motifs is 1. The molecule has 0 aliphatic carbocycles. The summed E-state index contributed by atoms with van der Waals surface area (Å²) >= 11 is 0. The van der Waals surface area contributed by atoms with Gasteiger partial charge >= 0.3 is 0 Å². The van der Waals surface area contributed by atoms with Gasteiger partial charge in [-0.1, -0.05) is 18.2 Å². The van der Waals surface area contributed by atoms with Crippen molar-refractivity contribution in [3.63, 3.8) is 0 Å². The predicted octanol–water partition coefficient (Wildman–Crippen LogP) is 1.54. The summed E-state index contributed by atoms with van der Waals surface area (Å²) in [4.78, 5) is 0. The summed E-state index contributed by atoms with van der Waals surface area (Å²) in [6, 6.07) is 7.48. The highest BCUT2D eigenvalue weighted by atomic mass is 32.2. The third-order valence-electron chi connectivity index (χ3n) is 2.83. The van der Waals surface area contributed by atoms with Crippen molar-refractivity contribution in [1.29, 1.82) is 0 Å². The van der Waals surface area contributed by atoms with E-state index in [2.05, 4.69) is 0 Å². The molecule has 16 heavy (non-hydrogen) atoms. The van der Waals surface area contributed by atoms with Crippen LogP contribution in [-0.4, -0.2) is 28.3 Å². The fraction of sp³-hybridized carbons (Fsp3) is 0.455. The summed E-state index contributed by atoms with van der Waals surface area (Å²) in [5.41, 5.74) is 1.68. The van der Waals surface area contributed by atoms with E-state index in [-0.39, 0.29) is 6.10 Å². The van der Waals surface area contributed by atoms with Crippen molar-refractivity contribution in [1.82, 2.24) is 0 Å². The van der Waals surface area contributed by atoms with E-state index in [0.29, 0.717) is 13.0 Å². The summed E-state index contributed by atoms with van der Waals surface area (Å²) in [5.74, 6) is 0. The predicted molar refractivity (Wildman–Crippen MR) is 63.0 cm³/mol. The molecule has 0 bridgehead atoms. The lowest BCUT2D eigenvalue weighted by Crippen LogP contribution is -2.36. The lowest BCUT2D eigenvalue weighted by molar-refractivity contribution is 0.0951. The molecule has 4 nitrogen and oxygen atoms in total. The molecule has 1 aliphatic heterocycles. The van der Waals surface area contributed by atoms with Crippen LogP contribution in [0.1, 0.15) is 18.1 Å². The molecule has 0 saturated heterocycles. The zero-order valence-corrected chi connectivity index (χ0v) is 10.2. The van der Waals surface area contributed by atoms with E-state index in [1.165, 1.54) is 10.6 Å². The van der Waals surface area contributed by atoms with Gasteiger partial charge in [-0.2, -0.15) is 0 Å². The summed E-state index contributed by atoms with van der Waals surface area (Å²) in [5, 5.41) is 0. The number of ether oxygens (including phenoxy) is 1. The molecule has 2 rings (SSSR count). The van der Waals surface area contributed by atoms with Crippen LogP contribution < -0.4 is 4.31 Å². The zero-order valence-electron chi connectivity index (χ0n) is 9.38. The molecule has 0 saturated carbocycles. The average molecular weight is 241 g/mol. The highest BCUT2D eigenvalue weighted by molar-refractivity contribution is 7.92. The molecule has 1 atom stereocenters. The van der Waals surface area contributed by atoms with Gasteiger partial charge in [0.25, 0.3) is 0 Å². The van der Waals surface area contributed by atoms with Crippen LogP contribution in [0.25, 0.3) is 0 Å². The first kappa shape index (κ1) is 11.4. The Kier molecular flexibility index (Phi) is 2.90. The second-order valence-electron chi connectivity index (χ2n) is 3.91. The van der Waals surface area contributed by atoms with Crippen molar-refractivity contribution < 1.29 is 13.2 Å². The molecule has 1 aromatic rings. The molecule has 1 heterocycles. The van der Waals surface area contributed by atoms with Gasteiger partial charge in [0.05, 0.1) is 18.0 Å². The molecule has 0 N–H and O–H groups in total. The van der Waals surface area contributed by atoms with Gasteiger partial charge in [-0.05, 0) is 12.5 Å². The second kappa shape index (κ2) is 4.07. The Balaban J connectivity index is 2.51. The molecule has 1 aromatic carbocycles. The molecular formula is C11H15NO3S. The maximum Gasteiger partial charge on any atom is 0.232 e. The Morgan fingerprint density at radius 3 is 2.69 bits per heavy atom. The van der Waals surface area contributed by atoms with Crippen LogP contribution in [0, 0.1) is 0 Å². The van der Waals surface area contributed by atoms with Gasteiger partial charge in [0.2, 0.25) is 10.0 Å². The lowest BCUT2D eigenvalue weighted by Gasteiger charge is -2.33. The first-order valence-corrected chi connectivity index (χ1v) is 6.98. The Bertz CT molecular complexity index is 484. The third kappa shape index (κ3) is 1.92. The molecular weight excluding hydrogens is 226 g/mol. The molecule has 0 amide bonds. The Morgan fingerprint density at radius 1 is 1.38 bits per heavy atom. The van der Waals surface area contributed by atoms with E-state index in [1.54, 1.807) is 7.11 Å². The number of methoxy groups -OCH3 is 1. The van der Waals surface area contributed by atoms with Crippen LogP contribution in [0.15, 0.2) is 24.3 Å². The van der Waals surface area contributed by atoms with Gasteiger partial charge in [-0.3, -0.25) is 4.31 Å². The molecule has 0 aromatic heterocycles. The Hall–Kier alpha value is -1.07. The van der Waals surface area contributed by atoms with E-state index in [0.717, 1.165) is 11.3 Å². The summed E-state index contributed by atoms with van der Waals surface area (Å²) in [6.07, 6.45) is 1.92. The van der Waals surface area contributed by atoms with Gasteiger partial charge in [0.1, 0.15) is 0 Å². The highest BCUT2D eigenvalue weighted by Crippen LogP contribution is 2.36. The summed E-state index contributed by atoms with van der Waals surface area (Å²) in [7, 11) is -1.54. The standard InChI is InChI=1S/C11H15NO3S/c1-15-11-7-8-12(16(2,13)14)10-6-4-3-5-9(10)11/h3-6,11H,7-8H2,1-2H3. The van der Waals surface area contributed by atoms with E-state index >= 15 is 0 Å². The van der Waals surface area contributed by atoms with Crippen molar-refractivity contribution in [2.24, 2.45) is 0 Å². The van der Waals surface area contributed by atoms with Crippen LogP contribution in [-0.2, 0) is 14.8 Å². The van der Waals surface area contributed by atoms with Crippen LogP contribution in [0.3, 0.4) is 0 Å². The molecule has 1 unspecified atom stereocenters. The topological polar surface area (TPSA) is 46.6 Å². The molecule has 0 radical (unpaired) electrons. The monoisotopic (exact) mass is 241 g/mol. The summed E-state index contributed by atoms with van der Waals surface area (Å²) < 4.78 is 30.1. The number of sulfonamides is 1. The Morgan fingerprint density at radius 2 is 2.06 bits per heavy atom. The number of hydrogen-bond acceptors (Lipinski definition) is 3. The maximum atomic E-state index is 11.6. The van der Waals surface area contributed by atoms with Gasteiger partial charge < -0.3 is 4.74 Å². The maximum absolute atomic E-state index is 11.6. The SMILES string of the molecule is COC1CCN(S(C)(=O)=O)c2ccccc21. The van der Waals surface area contributed by atoms with E-state index in [9.17, 15) is 8.42 Å². The first-order chi connectivity index (χ1) is 7.54. The largest absolute Gasteiger partial charge is 0.377 e.